The lowest BCUT2D eigenvalue weighted by atomic mass is 10.1. The Labute approximate surface area is 99.6 Å². The number of hydrogen-bond donors (Lipinski definition) is 0. The average molecular weight is 238 g/mol. The molecule has 0 bridgehead atoms. The van der Waals surface area contributed by atoms with Crippen molar-refractivity contribution in [1.29, 1.82) is 0 Å². The van der Waals surface area contributed by atoms with Crippen LogP contribution in [-0.4, -0.2) is 18.4 Å². The van der Waals surface area contributed by atoms with E-state index in [0.717, 1.165) is 6.42 Å². The van der Waals surface area contributed by atoms with Gasteiger partial charge in [0.1, 0.15) is 5.82 Å². The normalized spacial score (nSPS) is 10.0. The summed E-state index contributed by atoms with van der Waals surface area (Å²) < 4.78 is 17.7. The zero-order valence-corrected chi connectivity index (χ0v) is 9.74. The number of Topliss-reactive ketones (excluding diaryl/α,β-unsaturated/α-hetero) is 1. The molecule has 0 radical (unpaired) electrons. The van der Waals surface area contributed by atoms with Crippen molar-refractivity contribution in [1.82, 2.24) is 0 Å². The van der Waals surface area contributed by atoms with Crippen LogP contribution in [-0.2, 0) is 9.53 Å². The predicted molar refractivity (Wildman–Crippen MR) is 61.2 cm³/mol. The molecule has 0 aromatic heterocycles. The minimum Gasteiger partial charge on any atom is -0.466 e. The molecule has 0 aliphatic rings. The lowest BCUT2D eigenvalue weighted by molar-refractivity contribution is -0.143. The Hall–Kier alpha value is -1.71. The van der Waals surface area contributed by atoms with Gasteiger partial charge in [0.15, 0.2) is 5.78 Å². The summed E-state index contributed by atoms with van der Waals surface area (Å²) in [6, 6.07) is 5.44. The van der Waals surface area contributed by atoms with Crippen LogP contribution in [0.2, 0.25) is 0 Å². The highest BCUT2D eigenvalue weighted by atomic mass is 19.1. The molecule has 92 valence electrons. The zero-order valence-electron chi connectivity index (χ0n) is 9.74. The van der Waals surface area contributed by atoms with Gasteiger partial charge >= 0.3 is 5.97 Å². The number of benzene rings is 1. The third kappa shape index (κ3) is 4.76. The number of halogens is 1. The number of carbonyl (C=O) groups excluding carboxylic acids is 2. The Bertz CT molecular complexity index is 401. The fourth-order valence-corrected chi connectivity index (χ4v) is 1.31. The van der Waals surface area contributed by atoms with Crippen LogP contribution in [0.3, 0.4) is 0 Å². The Morgan fingerprint density at radius 1 is 1.29 bits per heavy atom. The molecule has 0 aliphatic heterocycles. The van der Waals surface area contributed by atoms with Gasteiger partial charge in [-0.05, 0) is 18.6 Å². The first-order valence-corrected chi connectivity index (χ1v) is 5.58. The van der Waals surface area contributed by atoms with Crippen molar-refractivity contribution in [3.63, 3.8) is 0 Å². The van der Waals surface area contributed by atoms with E-state index in [-0.39, 0.29) is 24.2 Å². The first-order valence-electron chi connectivity index (χ1n) is 5.58. The van der Waals surface area contributed by atoms with Crippen LogP contribution < -0.4 is 0 Å². The maximum absolute atomic E-state index is 12.8. The van der Waals surface area contributed by atoms with E-state index in [0.29, 0.717) is 6.61 Å². The summed E-state index contributed by atoms with van der Waals surface area (Å²) in [5.74, 6) is -1.10. The first kappa shape index (κ1) is 13.4. The molecule has 0 saturated heterocycles. The van der Waals surface area contributed by atoms with Crippen LogP contribution in [0, 0.1) is 5.82 Å². The van der Waals surface area contributed by atoms with Crippen LogP contribution >= 0.6 is 0 Å². The summed E-state index contributed by atoms with van der Waals surface area (Å²) in [6.45, 7) is 2.26. The maximum atomic E-state index is 12.8. The van der Waals surface area contributed by atoms with Crippen molar-refractivity contribution in [3.8, 4) is 0 Å². The van der Waals surface area contributed by atoms with E-state index < -0.39 is 11.8 Å². The van der Waals surface area contributed by atoms with E-state index in [2.05, 4.69) is 0 Å². The van der Waals surface area contributed by atoms with Gasteiger partial charge in [-0.1, -0.05) is 19.1 Å². The van der Waals surface area contributed by atoms with Crippen molar-refractivity contribution in [2.24, 2.45) is 0 Å². The monoisotopic (exact) mass is 238 g/mol. The van der Waals surface area contributed by atoms with Gasteiger partial charge in [-0.15, -0.1) is 0 Å². The molecular weight excluding hydrogens is 223 g/mol. The highest BCUT2D eigenvalue weighted by Crippen LogP contribution is 2.08. The van der Waals surface area contributed by atoms with Crippen molar-refractivity contribution in [2.75, 3.05) is 6.61 Å². The highest BCUT2D eigenvalue weighted by molar-refractivity contribution is 5.97. The van der Waals surface area contributed by atoms with Gasteiger partial charge in [0.25, 0.3) is 0 Å². The second-order valence-corrected chi connectivity index (χ2v) is 3.65. The molecule has 4 heteroatoms. The third-order valence-electron chi connectivity index (χ3n) is 2.17. The molecule has 0 heterocycles. The molecule has 0 spiro atoms. The van der Waals surface area contributed by atoms with E-state index in [4.69, 9.17) is 4.74 Å². The molecule has 1 aromatic carbocycles. The molecule has 0 aliphatic carbocycles. The molecule has 0 atom stereocenters. The van der Waals surface area contributed by atoms with E-state index in [1.165, 1.54) is 24.3 Å². The second-order valence-electron chi connectivity index (χ2n) is 3.65. The molecule has 1 aromatic rings. The van der Waals surface area contributed by atoms with E-state index in [1.54, 1.807) is 0 Å². The van der Waals surface area contributed by atoms with Crippen molar-refractivity contribution in [2.45, 2.75) is 26.2 Å². The topological polar surface area (TPSA) is 43.4 Å². The van der Waals surface area contributed by atoms with Gasteiger partial charge in [-0.2, -0.15) is 0 Å². The fourth-order valence-electron chi connectivity index (χ4n) is 1.31. The molecular formula is C13H15FO3. The first-order chi connectivity index (χ1) is 8.13. The molecule has 0 saturated carbocycles. The lowest BCUT2D eigenvalue weighted by Crippen LogP contribution is -2.08. The van der Waals surface area contributed by atoms with Gasteiger partial charge in [-0.25, -0.2) is 4.39 Å². The quantitative estimate of drug-likeness (QED) is 0.565. The number of ketones is 1. The summed E-state index contributed by atoms with van der Waals surface area (Å²) in [4.78, 5) is 22.8. The van der Waals surface area contributed by atoms with Crippen molar-refractivity contribution >= 4 is 11.8 Å². The number of hydrogen-bond acceptors (Lipinski definition) is 3. The molecule has 0 amide bonds. The second kappa shape index (κ2) is 6.78. The van der Waals surface area contributed by atoms with Gasteiger partial charge in [0, 0.05) is 12.0 Å². The van der Waals surface area contributed by atoms with E-state index >= 15 is 0 Å². The summed E-state index contributed by atoms with van der Waals surface area (Å²) in [5.41, 5.74) is 0.285. The average Bonchev–Trinajstić information content (AvgIpc) is 2.33. The van der Waals surface area contributed by atoms with Crippen LogP contribution in [0.4, 0.5) is 4.39 Å². The van der Waals surface area contributed by atoms with E-state index in [1.807, 2.05) is 6.92 Å². The number of ether oxygens (including phenoxy) is 1. The predicted octanol–water partition coefficient (Wildman–Crippen LogP) is 2.74. The summed E-state index contributed by atoms with van der Waals surface area (Å²) in [7, 11) is 0. The summed E-state index contributed by atoms with van der Waals surface area (Å²) >= 11 is 0. The van der Waals surface area contributed by atoms with Crippen LogP contribution in [0.15, 0.2) is 24.3 Å². The van der Waals surface area contributed by atoms with Gasteiger partial charge in [0.2, 0.25) is 0 Å². The van der Waals surface area contributed by atoms with Gasteiger partial charge in [0.05, 0.1) is 13.0 Å². The van der Waals surface area contributed by atoms with Crippen molar-refractivity contribution < 1.29 is 18.7 Å². The third-order valence-corrected chi connectivity index (χ3v) is 2.17. The van der Waals surface area contributed by atoms with Gasteiger partial charge in [-0.3, -0.25) is 9.59 Å². The summed E-state index contributed by atoms with van der Waals surface area (Å²) in [5, 5.41) is 0. The Morgan fingerprint density at radius 3 is 2.71 bits per heavy atom. The minimum absolute atomic E-state index is 0.0371. The lowest BCUT2D eigenvalue weighted by Gasteiger charge is -2.03. The largest absolute Gasteiger partial charge is 0.466 e. The van der Waals surface area contributed by atoms with Crippen molar-refractivity contribution in [3.05, 3.63) is 35.6 Å². The van der Waals surface area contributed by atoms with E-state index in [9.17, 15) is 14.0 Å². The molecule has 0 fully saturated rings. The highest BCUT2D eigenvalue weighted by Gasteiger charge is 2.10. The fraction of sp³-hybridized carbons (Fsp3) is 0.385. The Balaban J connectivity index is 2.42. The maximum Gasteiger partial charge on any atom is 0.306 e. The Kier molecular flexibility index (Phi) is 5.33. The smallest absolute Gasteiger partial charge is 0.306 e. The van der Waals surface area contributed by atoms with Crippen LogP contribution in [0.5, 0.6) is 0 Å². The minimum atomic E-state index is -0.454. The van der Waals surface area contributed by atoms with Gasteiger partial charge < -0.3 is 4.74 Å². The number of carbonyl (C=O) groups is 2. The number of rotatable bonds is 6. The standard InChI is InChI=1S/C13H15FO3/c1-2-8-17-13(16)7-6-12(15)10-4-3-5-11(14)9-10/h3-5,9H,2,6-8H2,1H3. The summed E-state index contributed by atoms with van der Waals surface area (Å²) in [6.07, 6.45) is 0.838. The SMILES string of the molecule is CCCOC(=O)CCC(=O)c1cccc(F)c1. The molecule has 1 rings (SSSR count). The Morgan fingerprint density at radius 2 is 2.06 bits per heavy atom. The molecule has 0 unspecified atom stereocenters. The molecule has 0 N–H and O–H groups in total. The number of esters is 1. The molecule has 3 nitrogen and oxygen atoms in total. The molecule has 17 heavy (non-hydrogen) atoms. The van der Waals surface area contributed by atoms with Crippen LogP contribution in [0.25, 0.3) is 0 Å². The zero-order chi connectivity index (χ0) is 12.7. The van der Waals surface area contributed by atoms with Crippen LogP contribution in [0.1, 0.15) is 36.5 Å².